The van der Waals surface area contributed by atoms with E-state index in [-0.39, 0.29) is 17.2 Å². The molecule has 1 aliphatic rings. The lowest BCUT2D eigenvalue weighted by atomic mass is 10.2. The van der Waals surface area contributed by atoms with Gasteiger partial charge in [-0.05, 0) is 37.0 Å². The van der Waals surface area contributed by atoms with Crippen molar-refractivity contribution < 1.29 is 9.53 Å². The number of carbonyl (C=O) groups is 1. The van der Waals surface area contributed by atoms with Crippen LogP contribution in [0.5, 0.6) is 5.75 Å². The van der Waals surface area contributed by atoms with Crippen LogP contribution in [-0.2, 0) is 17.6 Å². The van der Waals surface area contributed by atoms with Crippen molar-refractivity contribution >= 4 is 44.9 Å². The monoisotopic (exact) mass is 387 g/mol. The van der Waals surface area contributed by atoms with Gasteiger partial charge in [-0.25, -0.2) is 4.98 Å². The van der Waals surface area contributed by atoms with Gasteiger partial charge in [0, 0.05) is 16.6 Å². The Balaban J connectivity index is 1.46. The summed E-state index contributed by atoms with van der Waals surface area (Å²) < 4.78 is 5.14. The van der Waals surface area contributed by atoms with Gasteiger partial charge in [0.25, 0.3) is 5.56 Å². The quantitative estimate of drug-likeness (QED) is 0.519. The highest BCUT2D eigenvalue weighted by Gasteiger charge is 2.21. The molecule has 0 atom stereocenters. The lowest BCUT2D eigenvalue weighted by Crippen LogP contribution is -2.15. The Morgan fingerprint density at radius 3 is 3.15 bits per heavy atom. The molecule has 1 amide bonds. The highest BCUT2D eigenvalue weighted by molar-refractivity contribution is 7.99. The van der Waals surface area contributed by atoms with E-state index >= 15 is 0 Å². The molecule has 134 valence electrons. The number of ether oxygens (including phenoxy) is 1. The zero-order valence-electron chi connectivity index (χ0n) is 14.1. The number of benzene rings is 1. The summed E-state index contributed by atoms with van der Waals surface area (Å²) in [5.41, 5.74) is 1.72. The number of aromatic amines is 1. The molecule has 3 aromatic rings. The number of carbonyl (C=O) groups excluding carboxylic acids is 1. The van der Waals surface area contributed by atoms with Crippen molar-refractivity contribution in [3.8, 4) is 5.75 Å². The Labute approximate surface area is 158 Å². The number of thioether (sulfide) groups is 1. The Hall–Kier alpha value is -2.32. The summed E-state index contributed by atoms with van der Waals surface area (Å²) in [6.45, 7) is 0. The third-order valence-electron chi connectivity index (χ3n) is 4.25. The molecule has 0 saturated carbocycles. The Morgan fingerprint density at radius 2 is 2.31 bits per heavy atom. The van der Waals surface area contributed by atoms with E-state index in [0.717, 1.165) is 35.0 Å². The number of methoxy groups -OCH3 is 1. The first kappa shape index (κ1) is 17.1. The number of rotatable bonds is 5. The minimum atomic E-state index is -0.167. The highest BCUT2D eigenvalue weighted by Crippen LogP contribution is 2.35. The summed E-state index contributed by atoms with van der Waals surface area (Å²) >= 11 is 2.82. The smallest absolute Gasteiger partial charge is 0.260 e. The molecule has 0 fully saturated rings. The molecule has 26 heavy (non-hydrogen) atoms. The van der Waals surface area contributed by atoms with Gasteiger partial charge in [0.2, 0.25) is 5.91 Å². The molecule has 0 saturated heterocycles. The molecule has 0 bridgehead atoms. The number of anilines is 1. The maximum Gasteiger partial charge on any atom is 0.260 e. The van der Waals surface area contributed by atoms with Crippen molar-refractivity contribution in [2.24, 2.45) is 0 Å². The molecule has 0 spiro atoms. The minimum Gasteiger partial charge on any atom is -0.497 e. The molecule has 1 aliphatic carbocycles. The molecule has 0 radical (unpaired) electrons. The fraction of sp³-hybridized carbons (Fsp3) is 0.278. The number of fused-ring (bicyclic) bond motifs is 3. The van der Waals surface area contributed by atoms with Crippen LogP contribution >= 0.6 is 23.1 Å². The van der Waals surface area contributed by atoms with Crippen LogP contribution in [0.4, 0.5) is 5.69 Å². The van der Waals surface area contributed by atoms with Gasteiger partial charge >= 0.3 is 0 Å². The number of nitrogens with zero attached hydrogens (tertiary/aromatic N) is 1. The summed E-state index contributed by atoms with van der Waals surface area (Å²) in [6, 6.07) is 7.17. The summed E-state index contributed by atoms with van der Waals surface area (Å²) in [5.74, 6) is 0.675. The maximum absolute atomic E-state index is 12.4. The predicted octanol–water partition coefficient (Wildman–Crippen LogP) is 3.21. The van der Waals surface area contributed by atoms with Gasteiger partial charge in [-0.2, -0.15) is 0 Å². The van der Waals surface area contributed by atoms with Gasteiger partial charge in [0.05, 0.1) is 18.2 Å². The first-order valence-corrected chi connectivity index (χ1v) is 10.1. The van der Waals surface area contributed by atoms with Gasteiger partial charge in [0.15, 0.2) is 5.16 Å². The topological polar surface area (TPSA) is 84.1 Å². The van der Waals surface area contributed by atoms with Crippen molar-refractivity contribution in [3.05, 3.63) is 45.1 Å². The largest absolute Gasteiger partial charge is 0.497 e. The number of thiophene rings is 1. The number of aromatic nitrogens is 2. The highest BCUT2D eigenvalue weighted by atomic mass is 32.2. The average molecular weight is 387 g/mol. The molecule has 2 N–H and O–H groups in total. The molecule has 8 heteroatoms. The zero-order chi connectivity index (χ0) is 18.1. The second kappa shape index (κ2) is 7.13. The van der Waals surface area contributed by atoms with Crippen LogP contribution in [-0.4, -0.2) is 28.7 Å². The lowest BCUT2D eigenvalue weighted by molar-refractivity contribution is -0.113. The van der Waals surface area contributed by atoms with E-state index in [1.807, 2.05) is 12.1 Å². The van der Waals surface area contributed by atoms with E-state index < -0.39 is 0 Å². The van der Waals surface area contributed by atoms with E-state index in [4.69, 9.17) is 4.74 Å². The summed E-state index contributed by atoms with van der Waals surface area (Å²) in [5, 5.41) is 4.02. The van der Waals surface area contributed by atoms with Crippen LogP contribution in [0.3, 0.4) is 0 Å². The molecule has 0 aliphatic heterocycles. The average Bonchev–Trinajstić information content (AvgIpc) is 3.20. The van der Waals surface area contributed by atoms with Gasteiger partial charge in [-0.15, -0.1) is 11.3 Å². The first-order valence-electron chi connectivity index (χ1n) is 8.25. The lowest BCUT2D eigenvalue weighted by Gasteiger charge is -2.06. The van der Waals surface area contributed by atoms with Crippen molar-refractivity contribution in [3.63, 3.8) is 0 Å². The van der Waals surface area contributed by atoms with Crippen LogP contribution < -0.4 is 15.6 Å². The molecule has 6 nitrogen and oxygen atoms in total. The van der Waals surface area contributed by atoms with E-state index in [1.165, 1.54) is 16.6 Å². The third-order valence-corrected chi connectivity index (χ3v) is 6.31. The van der Waals surface area contributed by atoms with Crippen molar-refractivity contribution in [2.75, 3.05) is 18.2 Å². The molecular weight excluding hydrogens is 370 g/mol. The molecule has 2 heterocycles. The molecular formula is C18H17N3O3S2. The SMILES string of the molecule is COc1cccc(NC(=O)CSc2nc3sc4c(c3c(=O)[nH]2)CCC4)c1. The fourth-order valence-corrected chi connectivity index (χ4v) is 5.06. The van der Waals surface area contributed by atoms with Crippen LogP contribution in [0.25, 0.3) is 10.2 Å². The van der Waals surface area contributed by atoms with E-state index in [1.54, 1.807) is 30.6 Å². The van der Waals surface area contributed by atoms with Gasteiger partial charge in [-0.3, -0.25) is 9.59 Å². The van der Waals surface area contributed by atoms with Crippen molar-refractivity contribution in [1.82, 2.24) is 9.97 Å². The Bertz CT molecular complexity index is 1040. The molecule has 2 aromatic heterocycles. The van der Waals surface area contributed by atoms with E-state index in [0.29, 0.717) is 16.6 Å². The van der Waals surface area contributed by atoms with Crippen molar-refractivity contribution in [1.29, 1.82) is 0 Å². The van der Waals surface area contributed by atoms with E-state index in [9.17, 15) is 9.59 Å². The number of H-pyrrole nitrogens is 1. The Kier molecular flexibility index (Phi) is 4.69. The van der Waals surface area contributed by atoms with Gasteiger partial charge in [0.1, 0.15) is 10.6 Å². The van der Waals surface area contributed by atoms with Crippen LogP contribution in [0.15, 0.2) is 34.2 Å². The Morgan fingerprint density at radius 1 is 1.42 bits per heavy atom. The predicted molar refractivity (Wildman–Crippen MR) is 105 cm³/mol. The molecule has 4 rings (SSSR count). The number of hydrogen-bond donors (Lipinski definition) is 2. The zero-order valence-corrected chi connectivity index (χ0v) is 15.8. The first-order chi connectivity index (χ1) is 12.6. The minimum absolute atomic E-state index is 0.106. The third kappa shape index (κ3) is 3.34. The molecule has 1 aromatic carbocycles. The standard InChI is InChI=1S/C18H17N3O3S2/c1-24-11-5-2-4-10(8-11)19-14(22)9-25-18-20-16(23)15-12-6-3-7-13(12)26-17(15)21-18/h2,4-5,8H,3,6-7,9H2,1H3,(H,19,22)(H,20,21,23). The molecule has 0 unspecified atom stereocenters. The maximum atomic E-state index is 12.4. The summed E-state index contributed by atoms with van der Waals surface area (Å²) in [4.78, 5) is 34.0. The van der Waals surface area contributed by atoms with Crippen LogP contribution in [0, 0.1) is 0 Å². The second-order valence-electron chi connectivity index (χ2n) is 5.98. The van der Waals surface area contributed by atoms with E-state index in [2.05, 4.69) is 15.3 Å². The number of nitrogens with one attached hydrogen (secondary N) is 2. The van der Waals surface area contributed by atoms with Crippen LogP contribution in [0.2, 0.25) is 0 Å². The normalized spacial score (nSPS) is 13.0. The summed E-state index contributed by atoms with van der Waals surface area (Å²) in [7, 11) is 1.58. The van der Waals surface area contributed by atoms with Crippen molar-refractivity contribution in [2.45, 2.75) is 24.4 Å². The number of amides is 1. The van der Waals surface area contributed by atoms with Crippen LogP contribution in [0.1, 0.15) is 16.9 Å². The number of aryl methyl sites for hydroxylation is 2. The number of hydrogen-bond acceptors (Lipinski definition) is 6. The fourth-order valence-electron chi connectivity index (χ4n) is 3.08. The second-order valence-corrected chi connectivity index (χ2v) is 8.03. The summed E-state index contributed by atoms with van der Waals surface area (Å²) in [6.07, 6.45) is 3.09. The van der Waals surface area contributed by atoms with Gasteiger partial charge < -0.3 is 15.0 Å². The van der Waals surface area contributed by atoms with Gasteiger partial charge in [-0.1, -0.05) is 17.8 Å².